The van der Waals surface area contributed by atoms with Gasteiger partial charge in [-0.25, -0.2) is 0 Å². The van der Waals surface area contributed by atoms with Gasteiger partial charge in [0, 0.05) is 49.6 Å². The predicted molar refractivity (Wildman–Crippen MR) is 92.7 cm³/mol. The van der Waals surface area contributed by atoms with Crippen LogP contribution in [0, 0.1) is 10.1 Å². The molecule has 142 valence electrons. The topological polar surface area (TPSA) is 66.7 Å². The summed E-state index contributed by atoms with van der Waals surface area (Å²) in [4.78, 5) is 26.1. The maximum Gasteiger partial charge on any atom is 0.416 e. The summed E-state index contributed by atoms with van der Waals surface area (Å²) >= 11 is 0. The number of amides is 1. The normalized spacial score (nSPS) is 14.9. The number of nitro benzene ring substituents is 1. The third-order valence-corrected chi connectivity index (χ3v) is 4.41. The van der Waals surface area contributed by atoms with Gasteiger partial charge in [0.2, 0.25) is 0 Å². The fourth-order valence-electron chi connectivity index (χ4n) is 2.98. The molecule has 2 aromatic carbocycles. The fraction of sp³-hybridized carbons (Fsp3) is 0.278. The monoisotopic (exact) mass is 379 g/mol. The average Bonchev–Trinajstić information content (AvgIpc) is 2.67. The first-order chi connectivity index (χ1) is 12.8. The Hall–Kier alpha value is -3.10. The van der Waals surface area contributed by atoms with E-state index in [2.05, 4.69) is 0 Å². The lowest BCUT2D eigenvalue weighted by Crippen LogP contribution is -2.48. The quantitative estimate of drug-likeness (QED) is 0.604. The molecule has 27 heavy (non-hydrogen) atoms. The minimum Gasteiger partial charge on any atom is -0.368 e. The van der Waals surface area contributed by atoms with Gasteiger partial charge in [0.25, 0.3) is 11.6 Å². The van der Waals surface area contributed by atoms with Crippen molar-refractivity contribution in [2.45, 2.75) is 6.18 Å². The third kappa shape index (κ3) is 4.18. The van der Waals surface area contributed by atoms with E-state index in [1.165, 1.54) is 30.3 Å². The number of hydrogen-bond acceptors (Lipinski definition) is 4. The van der Waals surface area contributed by atoms with E-state index < -0.39 is 16.7 Å². The SMILES string of the molecule is O=C(c1cccc([N+](=O)[O-])c1)N1CCN(c2cccc(C(F)(F)F)c2)CC1. The van der Waals surface area contributed by atoms with Crippen LogP contribution < -0.4 is 4.90 Å². The number of halogens is 3. The van der Waals surface area contributed by atoms with Gasteiger partial charge < -0.3 is 9.80 Å². The Morgan fingerprint density at radius 1 is 1.00 bits per heavy atom. The maximum absolute atomic E-state index is 12.9. The first-order valence-corrected chi connectivity index (χ1v) is 8.21. The van der Waals surface area contributed by atoms with Crippen molar-refractivity contribution in [3.8, 4) is 0 Å². The summed E-state index contributed by atoms with van der Waals surface area (Å²) in [5.74, 6) is -0.331. The van der Waals surface area contributed by atoms with Crippen molar-refractivity contribution in [3.63, 3.8) is 0 Å². The first-order valence-electron chi connectivity index (χ1n) is 8.21. The predicted octanol–water partition coefficient (Wildman–Crippen LogP) is 3.58. The van der Waals surface area contributed by atoms with Crippen molar-refractivity contribution in [2.75, 3.05) is 31.1 Å². The minimum atomic E-state index is -4.41. The van der Waals surface area contributed by atoms with E-state index in [4.69, 9.17) is 0 Å². The van der Waals surface area contributed by atoms with E-state index in [1.807, 2.05) is 0 Å². The van der Waals surface area contributed by atoms with Gasteiger partial charge in [-0.05, 0) is 24.3 Å². The number of piperazine rings is 1. The third-order valence-electron chi connectivity index (χ3n) is 4.41. The average molecular weight is 379 g/mol. The van der Waals surface area contributed by atoms with Crippen LogP contribution in [-0.2, 0) is 6.18 Å². The molecule has 0 unspecified atom stereocenters. The van der Waals surface area contributed by atoms with Crippen LogP contribution in [0.3, 0.4) is 0 Å². The van der Waals surface area contributed by atoms with Gasteiger partial charge >= 0.3 is 6.18 Å². The number of nitro groups is 1. The summed E-state index contributed by atoms with van der Waals surface area (Å²) in [6.45, 7) is 1.39. The molecule has 9 heteroatoms. The summed E-state index contributed by atoms with van der Waals surface area (Å²) in [5.41, 5.74) is -0.206. The van der Waals surface area contributed by atoms with Crippen LogP contribution in [0.2, 0.25) is 0 Å². The van der Waals surface area contributed by atoms with Crippen molar-refractivity contribution in [1.29, 1.82) is 0 Å². The van der Waals surface area contributed by atoms with Crippen LogP contribution in [-0.4, -0.2) is 41.9 Å². The summed E-state index contributed by atoms with van der Waals surface area (Å²) in [6, 6.07) is 10.6. The number of non-ortho nitro benzene ring substituents is 1. The molecular formula is C18H16F3N3O3. The van der Waals surface area contributed by atoms with Gasteiger partial charge in [-0.3, -0.25) is 14.9 Å². The number of benzene rings is 2. The number of anilines is 1. The molecule has 0 saturated carbocycles. The molecule has 0 N–H and O–H groups in total. The molecule has 1 aliphatic heterocycles. The molecule has 3 rings (SSSR count). The second-order valence-corrected chi connectivity index (χ2v) is 6.13. The molecule has 2 aromatic rings. The summed E-state index contributed by atoms with van der Waals surface area (Å²) in [5, 5.41) is 10.8. The summed E-state index contributed by atoms with van der Waals surface area (Å²) in [7, 11) is 0. The number of hydrogen-bond donors (Lipinski definition) is 0. The number of carbonyl (C=O) groups excluding carboxylic acids is 1. The minimum absolute atomic E-state index is 0.163. The summed E-state index contributed by atoms with van der Waals surface area (Å²) in [6.07, 6.45) is -4.41. The van der Waals surface area contributed by atoms with Gasteiger partial charge in [0.1, 0.15) is 0 Å². The molecule has 1 heterocycles. The Morgan fingerprint density at radius 2 is 1.67 bits per heavy atom. The van der Waals surface area contributed by atoms with Crippen LogP contribution in [0.4, 0.5) is 24.5 Å². The Kier molecular flexibility index (Phi) is 5.02. The Bertz CT molecular complexity index is 862. The molecule has 1 amide bonds. The van der Waals surface area contributed by atoms with E-state index >= 15 is 0 Å². The zero-order valence-corrected chi connectivity index (χ0v) is 14.1. The lowest BCUT2D eigenvalue weighted by atomic mass is 10.1. The van der Waals surface area contributed by atoms with Crippen molar-refractivity contribution in [1.82, 2.24) is 4.90 Å². The van der Waals surface area contributed by atoms with Gasteiger partial charge in [0.15, 0.2) is 0 Å². The zero-order chi connectivity index (χ0) is 19.6. The van der Waals surface area contributed by atoms with Gasteiger partial charge in [0.05, 0.1) is 10.5 Å². The van der Waals surface area contributed by atoms with E-state index in [9.17, 15) is 28.1 Å². The first kappa shape index (κ1) is 18.7. The molecule has 1 fully saturated rings. The molecule has 6 nitrogen and oxygen atoms in total. The molecule has 0 radical (unpaired) electrons. The highest BCUT2D eigenvalue weighted by molar-refractivity contribution is 5.95. The van der Waals surface area contributed by atoms with Crippen LogP contribution >= 0.6 is 0 Å². The molecule has 0 bridgehead atoms. The molecule has 1 aliphatic rings. The van der Waals surface area contributed by atoms with Crippen molar-refractivity contribution < 1.29 is 22.9 Å². The van der Waals surface area contributed by atoms with Crippen LogP contribution in [0.5, 0.6) is 0 Å². The molecule has 0 aliphatic carbocycles. The van der Waals surface area contributed by atoms with Crippen molar-refractivity contribution in [2.24, 2.45) is 0 Å². The highest BCUT2D eigenvalue weighted by atomic mass is 19.4. The molecule has 1 saturated heterocycles. The van der Waals surface area contributed by atoms with Crippen LogP contribution in [0.15, 0.2) is 48.5 Å². The Morgan fingerprint density at radius 3 is 2.30 bits per heavy atom. The Balaban J connectivity index is 1.68. The highest BCUT2D eigenvalue weighted by Crippen LogP contribution is 2.32. The molecule has 0 atom stereocenters. The smallest absolute Gasteiger partial charge is 0.368 e. The largest absolute Gasteiger partial charge is 0.416 e. The number of nitrogens with zero attached hydrogens (tertiary/aromatic N) is 3. The molecule has 0 aromatic heterocycles. The van der Waals surface area contributed by atoms with Crippen LogP contribution in [0.25, 0.3) is 0 Å². The van der Waals surface area contributed by atoms with Crippen LogP contribution in [0.1, 0.15) is 15.9 Å². The highest BCUT2D eigenvalue weighted by Gasteiger charge is 2.31. The van der Waals surface area contributed by atoms with E-state index in [-0.39, 0.29) is 17.2 Å². The molecular weight excluding hydrogens is 363 g/mol. The second kappa shape index (κ2) is 7.26. The Labute approximate surface area is 153 Å². The summed E-state index contributed by atoms with van der Waals surface area (Å²) < 4.78 is 38.6. The van der Waals surface area contributed by atoms with Crippen molar-refractivity contribution in [3.05, 3.63) is 69.8 Å². The lowest BCUT2D eigenvalue weighted by Gasteiger charge is -2.36. The van der Waals surface area contributed by atoms with Crippen molar-refractivity contribution >= 4 is 17.3 Å². The van der Waals surface area contributed by atoms with E-state index in [1.54, 1.807) is 15.9 Å². The van der Waals surface area contributed by atoms with E-state index in [0.717, 1.165) is 12.1 Å². The molecule has 0 spiro atoms. The lowest BCUT2D eigenvalue weighted by molar-refractivity contribution is -0.384. The van der Waals surface area contributed by atoms with Gasteiger partial charge in [-0.15, -0.1) is 0 Å². The number of alkyl halides is 3. The standard InChI is InChI=1S/C18H16F3N3O3/c19-18(20,21)14-4-2-5-15(12-14)22-7-9-23(10-8-22)17(25)13-3-1-6-16(11-13)24(26)27/h1-6,11-12H,7-10H2. The maximum atomic E-state index is 12.9. The second-order valence-electron chi connectivity index (χ2n) is 6.13. The van der Waals surface area contributed by atoms with Gasteiger partial charge in [-0.2, -0.15) is 13.2 Å². The number of carbonyl (C=O) groups is 1. The van der Waals surface area contributed by atoms with Gasteiger partial charge in [-0.1, -0.05) is 12.1 Å². The van der Waals surface area contributed by atoms with E-state index in [0.29, 0.717) is 31.9 Å². The zero-order valence-electron chi connectivity index (χ0n) is 14.1. The number of rotatable bonds is 3. The fourth-order valence-corrected chi connectivity index (χ4v) is 2.98.